The van der Waals surface area contributed by atoms with Gasteiger partial charge in [0.1, 0.15) is 6.10 Å². The Kier molecular flexibility index (Phi) is 3.94. The van der Waals surface area contributed by atoms with Crippen LogP contribution in [0.5, 0.6) is 0 Å². The molecule has 82 valence electrons. The Morgan fingerprint density at radius 3 is 3.00 bits per heavy atom. The molecular weight excluding hydrogens is 200 g/mol. The maximum atomic E-state index is 10.7. The number of alkyl carbamates (subject to hydrolysis) is 1. The van der Waals surface area contributed by atoms with Gasteiger partial charge in [-0.25, -0.2) is 4.79 Å². The van der Waals surface area contributed by atoms with Crippen molar-refractivity contribution in [1.29, 1.82) is 0 Å². The minimum atomic E-state index is -0.956. The summed E-state index contributed by atoms with van der Waals surface area (Å²) in [5, 5.41) is 11.1. The molecule has 0 aliphatic carbocycles. The number of cyclic esters (lactones) is 1. The summed E-state index contributed by atoms with van der Waals surface area (Å²) in [5.41, 5.74) is 0. The van der Waals surface area contributed by atoms with Crippen LogP contribution in [0, 0.1) is 12.3 Å². The fourth-order valence-corrected chi connectivity index (χ4v) is 1.33. The van der Waals surface area contributed by atoms with Crippen molar-refractivity contribution in [2.75, 3.05) is 26.2 Å². The smallest absolute Gasteiger partial charge is 0.407 e. The lowest BCUT2D eigenvalue weighted by Gasteiger charge is -2.19. The fourth-order valence-electron chi connectivity index (χ4n) is 1.33. The highest BCUT2D eigenvalue weighted by Crippen LogP contribution is 2.02. The van der Waals surface area contributed by atoms with Crippen molar-refractivity contribution >= 4 is 12.1 Å². The van der Waals surface area contributed by atoms with E-state index in [1.807, 2.05) is 0 Å². The van der Waals surface area contributed by atoms with Gasteiger partial charge in [0.25, 0.3) is 0 Å². The number of nitrogens with one attached hydrogen (secondary N) is 1. The van der Waals surface area contributed by atoms with Gasteiger partial charge in [0.15, 0.2) is 0 Å². The molecule has 1 saturated heterocycles. The standard InChI is InChI=1S/C9H12N2O4/c1-2-3-11(6-8(12)13)5-7-4-10-9(14)15-7/h1,7H,3-6H2,(H,10,14)(H,12,13). The Labute approximate surface area is 87.2 Å². The van der Waals surface area contributed by atoms with E-state index in [0.29, 0.717) is 13.1 Å². The van der Waals surface area contributed by atoms with Gasteiger partial charge in [-0.05, 0) is 0 Å². The third kappa shape index (κ3) is 3.87. The van der Waals surface area contributed by atoms with Crippen LogP contribution in [0.4, 0.5) is 4.79 Å². The molecule has 1 atom stereocenters. The molecule has 1 unspecified atom stereocenters. The fraction of sp³-hybridized carbons (Fsp3) is 0.556. The van der Waals surface area contributed by atoms with E-state index in [9.17, 15) is 9.59 Å². The molecule has 1 fully saturated rings. The van der Waals surface area contributed by atoms with Crippen LogP contribution in [0.2, 0.25) is 0 Å². The molecule has 0 saturated carbocycles. The minimum absolute atomic E-state index is 0.155. The Bertz CT molecular complexity index is 297. The molecule has 1 rings (SSSR count). The van der Waals surface area contributed by atoms with Crippen molar-refractivity contribution in [2.24, 2.45) is 0 Å². The molecule has 6 heteroatoms. The van der Waals surface area contributed by atoms with E-state index >= 15 is 0 Å². The molecule has 6 nitrogen and oxygen atoms in total. The van der Waals surface area contributed by atoms with Crippen molar-refractivity contribution in [3.63, 3.8) is 0 Å². The second-order valence-corrected chi connectivity index (χ2v) is 3.18. The zero-order valence-corrected chi connectivity index (χ0v) is 8.10. The molecule has 2 N–H and O–H groups in total. The number of aliphatic carboxylic acids is 1. The minimum Gasteiger partial charge on any atom is -0.480 e. The number of nitrogens with zero attached hydrogens (tertiary/aromatic N) is 1. The average Bonchev–Trinajstić information content (AvgIpc) is 2.50. The van der Waals surface area contributed by atoms with Gasteiger partial charge >= 0.3 is 12.1 Å². The van der Waals surface area contributed by atoms with Crippen LogP contribution in [0.15, 0.2) is 0 Å². The van der Waals surface area contributed by atoms with Crippen molar-refractivity contribution in [3.8, 4) is 12.3 Å². The zero-order chi connectivity index (χ0) is 11.3. The van der Waals surface area contributed by atoms with E-state index in [1.165, 1.54) is 4.90 Å². The van der Waals surface area contributed by atoms with E-state index < -0.39 is 12.1 Å². The average molecular weight is 212 g/mol. The largest absolute Gasteiger partial charge is 0.480 e. The molecule has 15 heavy (non-hydrogen) atoms. The van der Waals surface area contributed by atoms with E-state index in [-0.39, 0.29) is 19.2 Å². The van der Waals surface area contributed by atoms with E-state index in [2.05, 4.69) is 11.2 Å². The topological polar surface area (TPSA) is 78.9 Å². The van der Waals surface area contributed by atoms with Crippen molar-refractivity contribution in [1.82, 2.24) is 10.2 Å². The number of amides is 1. The third-order valence-corrected chi connectivity index (χ3v) is 1.88. The lowest BCUT2D eigenvalue weighted by Crippen LogP contribution is -2.38. The van der Waals surface area contributed by atoms with Crippen LogP contribution >= 0.6 is 0 Å². The van der Waals surface area contributed by atoms with Crippen LogP contribution in [0.25, 0.3) is 0 Å². The first-order valence-electron chi connectivity index (χ1n) is 4.44. The number of rotatable bonds is 5. The summed E-state index contributed by atoms with van der Waals surface area (Å²) in [6.45, 7) is 0.785. The number of carbonyl (C=O) groups is 2. The highest BCUT2D eigenvalue weighted by Gasteiger charge is 2.25. The van der Waals surface area contributed by atoms with E-state index in [1.54, 1.807) is 0 Å². The van der Waals surface area contributed by atoms with Gasteiger partial charge < -0.3 is 15.2 Å². The predicted octanol–water partition coefficient (Wildman–Crippen LogP) is -0.885. The Morgan fingerprint density at radius 1 is 1.80 bits per heavy atom. The van der Waals surface area contributed by atoms with Gasteiger partial charge in [0.2, 0.25) is 0 Å². The molecule has 1 amide bonds. The summed E-state index contributed by atoms with van der Waals surface area (Å²) >= 11 is 0. The first-order chi connectivity index (χ1) is 7.11. The number of hydrogen-bond acceptors (Lipinski definition) is 4. The van der Waals surface area contributed by atoms with Gasteiger partial charge in [-0.15, -0.1) is 6.42 Å². The second kappa shape index (κ2) is 5.22. The lowest BCUT2D eigenvalue weighted by molar-refractivity contribution is -0.138. The molecule has 0 radical (unpaired) electrons. The molecule has 1 aliphatic rings. The number of carboxylic acids is 1. The molecule has 0 aromatic heterocycles. The van der Waals surface area contributed by atoms with E-state index in [4.69, 9.17) is 16.3 Å². The Balaban J connectivity index is 2.40. The van der Waals surface area contributed by atoms with Crippen LogP contribution in [0.3, 0.4) is 0 Å². The molecule has 0 aromatic rings. The Morgan fingerprint density at radius 2 is 2.53 bits per heavy atom. The van der Waals surface area contributed by atoms with Gasteiger partial charge in [0, 0.05) is 6.54 Å². The number of terminal acetylenes is 1. The normalized spacial score (nSPS) is 19.5. The third-order valence-electron chi connectivity index (χ3n) is 1.88. The van der Waals surface area contributed by atoms with E-state index in [0.717, 1.165) is 0 Å². The van der Waals surface area contributed by atoms with Gasteiger partial charge in [0.05, 0.1) is 19.6 Å². The molecule has 0 spiro atoms. The van der Waals surface area contributed by atoms with Crippen LogP contribution < -0.4 is 5.32 Å². The molecule has 0 bridgehead atoms. The highest BCUT2D eigenvalue weighted by molar-refractivity contribution is 5.70. The monoisotopic (exact) mass is 212 g/mol. The van der Waals surface area contributed by atoms with Crippen molar-refractivity contribution in [2.45, 2.75) is 6.10 Å². The number of carbonyl (C=O) groups excluding carboxylic acids is 1. The van der Waals surface area contributed by atoms with Gasteiger partial charge in [-0.2, -0.15) is 0 Å². The lowest BCUT2D eigenvalue weighted by atomic mass is 10.3. The maximum Gasteiger partial charge on any atom is 0.407 e. The van der Waals surface area contributed by atoms with Crippen molar-refractivity contribution < 1.29 is 19.4 Å². The summed E-state index contributed by atoms with van der Waals surface area (Å²) < 4.78 is 4.87. The summed E-state index contributed by atoms with van der Waals surface area (Å²) in [5.74, 6) is 1.40. The quantitative estimate of drug-likeness (QED) is 0.578. The molecule has 0 aromatic carbocycles. The van der Waals surface area contributed by atoms with Crippen LogP contribution in [-0.4, -0.2) is 54.4 Å². The number of carboxylic acid groups (broad SMARTS) is 1. The van der Waals surface area contributed by atoms with Crippen molar-refractivity contribution in [3.05, 3.63) is 0 Å². The second-order valence-electron chi connectivity index (χ2n) is 3.18. The summed E-state index contributed by atoms with van der Waals surface area (Å²) in [4.78, 5) is 22.7. The molecule has 1 aliphatic heterocycles. The predicted molar refractivity (Wildman–Crippen MR) is 51.2 cm³/mol. The number of hydrogen-bond donors (Lipinski definition) is 2. The Hall–Kier alpha value is -1.74. The molecular formula is C9H12N2O4. The first-order valence-corrected chi connectivity index (χ1v) is 4.44. The van der Waals surface area contributed by atoms with Crippen LogP contribution in [-0.2, 0) is 9.53 Å². The van der Waals surface area contributed by atoms with Gasteiger partial charge in [-0.1, -0.05) is 5.92 Å². The number of ether oxygens (including phenoxy) is 1. The SMILES string of the molecule is C#CCN(CC(=O)O)CC1CNC(=O)O1. The summed E-state index contributed by atoms with van der Waals surface area (Å²) in [6.07, 6.45) is 4.29. The molecule has 1 heterocycles. The summed E-state index contributed by atoms with van der Waals surface area (Å²) in [7, 11) is 0. The van der Waals surface area contributed by atoms with Crippen LogP contribution in [0.1, 0.15) is 0 Å². The van der Waals surface area contributed by atoms with Gasteiger partial charge in [-0.3, -0.25) is 9.69 Å². The zero-order valence-electron chi connectivity index (χ0n) is 8.10. The highest BCUT2D eigenvalue weighted by atomic mass is 16.6. The maximum absolute atomic E-state index is 10.7. The summed E-state index contributed by atoms with van der Waals surface area (Å²) in [6, 6.07) is 0. The first kappa shape index (κ1) is 11.3.